The van der Waals surface area contributed by atoms with E-state index >= 15 is 0 Å². The number of H-pyrrole nitrogens is 1. The molecule has 2 heterocycles. The van der Waals surface area contributed by atoms with E-state index in [0.717, 1.165) is 33.1 Å². The third kappa shape index (κ3) is 5.19. The van der Waals surface area contributed by atoms with E-state index in [4.69, 9.17) is 9.72 Å². The number of methoxy groups -OCH3 is 1. The van der Waals surface area contributed by atoms with Gasteiger partial charge >= 0.3 is 0 Å². The molecule has 0 aliphatic carbocycles. The molecule has 0 aliphatic heterocycles. The highest BCUT2D eigenvalue weighted by Crippen LogP contribution is 2.36. The van der Waals surface area contributed by atoms with Gasteiger partial charge in [0.25, 0.3) is 0 Å². The second kappa shape index (κ2) is 10.6. The van der Waals surface area contributed by atoms with Gasteiger partial charge in [-0.25, -0.2) is 9.97 Å². The van der Waals surface area contributed by atoms with Gasteiger partial charge in [-0.1, -0.05) is 54.7 Å². The molecule has 0 bridgehead atoms. The maximum Gasteiger partial charge on any atom is 0.247 e. The van der Waals surface area contributed by atoms with Crippen molar-refractivity contribution in [3.05, 3.63) is 91.6 Å². The van der Waals surface area contributed by atoms with Crippen LogP contribution in [-0.4, -0.2) is 34.2 Å². The van der Waals surface area contributed by atoms with Crippen LogP contribution in [0.1, 0.15) is 0 Å². The Bertz CT molecular complexity index is 1610. The van der Waals surface area contributed by atoms with Crippen molar-refractivity contribution in [3.8, 4) is 28.3 Å². The predicted molar refractivity (Wildman–Crippen MR) is 152 cm³/mol. The number of nitrogens with zero attached hydrogens (tertiary/aromatic N) is 2. The Balaban J connectivity index is 1.52. The van der Waals surface area contributed by atoms with Gasteiger partial charge in [-0.3, -0.25) is 4.79 Å². The van der Waals surface area contributed by atoms with Gasteiger partial charge in [0.05, 0.1) is 24.2 Å². The molecular formula is C29H25N5O2S. The summed E-state index contributed by atoms with van der Waals surface area (Å²) in [5, 5.41) is 9.26. The van der Waals surface area contributed by atoms with E-state index in [0.29, 0.717) is 22.9 Å². The Kier molecular flexibility index (Phi) is 6.91. The molecule has 37 heavy (non-hydrogen) atoms. The van der Waals surface area contributed by atoms with Crippen LogP contribution >= 0.6 is 11.8 Å². The molecule has 3 N–H and O–H groups in total. The van der Waals surface area contributed by atoms with Gasteiger partial charge in [0.1, 0.15) is 11.6 Å². The summed E-state index contributed by atoms with van der Waals surface area (Å²) in [6.07, 6.45) is 4.97. The van der Waals surface area contributed by atoms with Gasteiger partial charge in [0.15, 0.2) is 5.16 Å². The molecule has 7 nitrogen and oxygen atoms in total. The summed E-state index contributed by atoms with van der Waals surface area (Å²) in [5.41, 5.74) is 5.02. The Morgan fingerprint density at radius 1 is 1.03 bits per heavy atom. The third-order valence-electron chi connectivity index (χ3n) is 5.86. The SMILES string of the molecule is C=CC(=O)Nc1ccc(OC)c(Nc2cc(-c3[nH]c(SC)nc3-c3ccc4ccccc4c3)ccn2)c1. The summed E-state index contributed by atoms with van der Waals surface area (Å²) in [6.45, 7) is 3.50. The quantitative estimate of drug-likeness (QED) is 0.156. The summed E-state index contributed by atoms with van der Waals surface area (Å²) < 4.78 is 5.51. The number of thioether (sulfide) groups is 1. The lowest BCUT2D eigenvalue weighted by molar-refractivity contribution is -0.111. The van der Waals surface area contributed by atoms with E-state index in [-0.39, 0.29) is 5.91 Å². The van der Waals surface area contributed by atoms with Crippen LogP contribution in [0.5, 0.6) is 5.75 Å². The number of hydrogen-bond donors (Lipinski definition) is 3. The number of imidazole rings is 1. The predicted octanol–water partition coefficient (Wildman–Crippen LogP) is 6.89. The largest absolute Gasteiger partial charge is 0.495 e. The number of amides is 1. The molecule has 0 spiro atoms. The average Bonchev–Trinajstić information content (AvgIpc) is 3.38. The number of carbonyl (C=O) groups is 1. The maximum atomic E-state index is 11.8. The van der Waals surface area contributed by atoms with Gasteiger partial charge in [-0.2, -0.15) is 0 Å². The van der Waals surface area contributed by atoms with Crippen molar-refractivity contribution in [1.29, 1.82) is 0 Å². The fourth-order valence-corrected chi connectivity index (χ4v) is 4.46. The molecule has 0 saturated heterocycles. The summed E-state index contributed by atoms with van der Waals surface area (Å²) in [4.78, 5) is 24.6. The Morgan fingerprint density at radius 2 is 1.86 bits per heavy atom. The summed E-state index contributed by atoms with van der Waals surface area (Å²) in [6, 6.07) is 23.9. The van der Waals surface area contributed by atoms with E-state index in [1.807, 2.05) is 30.5 Å². The fourth-order valence-electron chi connectivity index (χ4n) is 4.07. The van der Waals surface area contributed by atoms with Crippen LogP contribution in [0.15, 0.2) is 96.8 Å². The molecule has 0 saturated carbocycles. The Labute approximate surface area is 219 Å². The number of rotatable bonds is 8. The van der Waals surface area contributed by atoms with Crippen LogP contribution in [0.3, 0.4) is 0 Å². The van der Waals surface area contributed by atoms with Crippen molar-refractivity contribution >= 4 is 45.6 Å². The molecule has 2 aromatic heterocycles. The van der Waals surface area contributed by atoms with E-state index in [1.165, 1.54) is 11.5 Å². The number of ether oxygens (including phenoxy) is 1. The first-order valence-electron chi connectivity index (χ1n) is 11.6. The molecule has 8 heteroatoms. The standard InChI is InChI=1S/C29H25N5O2S/c1-4-26(35)31-22-11-12-24(36-2)23(17-22)32-25-16-21(13-14-30-25)28-27(33-29(34-28)37-3)20-10-9-18-7-5-6-8-19(18)15-20/h4-17H,1H2,2-3H3,(H,30,32)(H,31,35)(H,33,34). The summed E-state index contributed by atoms with van der Waals surface area (Å²) >= 11 is 1.56. The highest BCUT2D eigenvalue weighted by molar-refractivity contribution is 7.98. The van der Waals surface area contributed by atoms with Gasteiger partial charge in [-0.15, -0.1) is 0 Å². The summed E-state index contributed by atoms with van der Waals surface area (Å²) in [7, 11) is 1.59. The van der Waals surface area contributed by atoms with E-state index in [9.17, 15) is 4.79 Å². The smallest absolute Gasteiger partial charge is 0.247 e. The number of hydrogen-bond acceptors (Lipinski definition) is 6. The monoisotopic (exact) mass is 507 g/mol. The van der Waals surface area contributed by atoms with Gasteiger partial charge in [-0.05, 0) is 59.5 Å². The molecule has 0 fully saturated rings. The van der Waals surface area contributed by atoms with E-state index < -0.39 is 0 Å². The Morgan fingerprint density at radius 3 is 2.65 bits per heavy atom. The zero-order valence-corrected chi connectivity index (χ0v) is 21.2. The lowest BCUT2D eigenvalue weighted by Gasteiger charge is -2.13. The van der Waals surface area contributed by atoms with Gasteiger partial charge in [0.2, 0.25) is 5.91 Å². The molecule has 0 unspecified atom stereocenters. The summed E-state index contributed by atoms with van der Waals surface area (Å²) in [5.74, 6) is 0.945. The van der Waals surface area contributed by atoms with Crippen LogP contribution in [0.4, 0.5) is 17.2 Å². The fraction of sp³-hybridized carbons (Fsp3) is 0.0690. The molecule has 5 rings (SSSR count). The normalized spacial score (nSPS) is 10.8. The van der Waals surface area contributed by atoms with Crippen molar-refractivity contribution in [2.75, 3.05) is 24.0 Å². The van der Waals surface area contributed by atoms with Crippen molar-refractivity contribution < 1.29 is 9.53 Å². The second-order valence-corrected chi connectivity index (χ2v) is 8.99. The minimum absolute atomic E-state index is 0.290. The zero-order valence-electron chi connectivity index (χ0n) is 20.4. The van der Waals surface area contributed by atoms with Gasteiger partial charge < -0.3 is 20.4 Å². The minimum atomic E-state index is -0.290. The molecule has 184 valence electrons. The molecule has 0 atom stereocenters. The van der Waals surface area contributed by atoms with Crippen LogP contribution in [0.2, 0.25) is 0 Å². The third-order valence-corrected chi connectivity index (χ3v) is 6.44. The first-order valence-corrected chi connectivity index (χ1v) is 12.8. The van der Waals surface area contributed by atoms with Crippen LogP contribution in [0, 0.1) is 0 Å². The highest BCUT2D eigenvalue weighted by atomic mass is 32.2. The maximum absolute atomic E-state index is 11.8. The number of carbonyl (C=O) groups excluding carboxylic acids is 1. The van der Waals surface area contributed by atoms with Crippen molar-refractivity contribution in [2.24, 2.45) is 0 Å². The van der Waals surface area contributed by atoms with Gasteiger partial charge in [0, 0.05) is 23.0 Å². The minimum Gasteiger partial charge on any atom is -0.495 e. The number of nitrogens with one attached hydrogen (secondary N) is 3. The number of anilines is 3. The van der Waals surface area contributed by atoms with E-state index in [1.54, 1.807) is 43.3 Å². The number of benzene rings is 3. The van der Waals surface area contributed by atoms with Crippen molar-refractivity contribution in [3.63, 3.8) is 0 Å². The highest BCUT2D eigenvalue weighted by Gasteiger charge is 2.16. The molecule has 1 amide bonds. The number of fused-ring (bicyclic) bond motifs is 1. The molecule has 5 aromatic rings. The average molecular weight is 508 g/mol. The van der Waals surface area contributed by atoms with Crippen LogP contribution in [-0.2, 0) is 4.79 Å². The lowest BCUT2D eigenvalue weighted by Crippen LogP contribution is -2.07. The molecule has 3 aromatic carbocycles. The number of aromatic amines is 1. The van der Waals surface area contributed by atoms with Crippen LogP contribution in [0.25, 0.3) is 33.3 Å². The molecule has 0 aliphatic rings. The second-order valence-electron chi connectivity index (χ2n) is 8.19. The van der Waals surface area contributed by atoms with Crippen molar-refractivity contribution in [2.45, 2.75) is 5.16 Å². The van der Waals surface area contributed by atoms with E-state index in [2.05, 4.69) is 57.5 Å². The van der Waals surface area contributed by atoms with Crippen LogP contribution < -0.4 is 15.4 Å². The topological polar surface area (TPSA) is 91.9 Å². The Hall–Kier alpha value is -4.56. The first-order chi connectivity index (χ1) is 18.1. The number of aromatic nitrogens is 3. The molecule has 0 radical (unpaired) electrons. The zero-order chi connectivity index (χ0) is 25.8. The number of pyridine rings is 1. The van der Waals surface area contributed by atoms with Crippen molar-refractivity contribution in [1.82, 2.24) is 15.0 Å². The molecular weight excluding hydrogens is 482 g/mol. The lowest BCUT2D eigenvalue weighted by atomic mass is 10.0. The first kappa shape index (κ1) is 24.1.